The Morgan fingerprint density at radius 2 is 1.85 bits per heavy atom. The second-order valence-corrected chi connectivity index (χ2v) is 6.39. The summed E-state index contributed by atoms with van der Waals surface area (Å²) in [6.45, 7) is 6.17. The number of hydrogen-bond donors (Lipinski definition) is 1. The van der Waals surface area contributed by atoms with Crippen LogP contribution in [0.25, 0.3) is 0 Å². The fourth-order valence-electron chi connectivity index (χ4n) is 3.53. The molecule has 0 bridgehead atoms. The van der Waals surface area contributed by atoms with Crippen molar-refractivity contribution < 1.29 is 4.79 Å². The molecule has 0 aromatic carbocycles. The summed E-state index contributed by atoms with van der Waals surface area (Å²) in [6, 6.07) is 0. The third-order valence-corrected chi connectivity index (χ3v) is 4.77. The summed E-state index contributed by atoms with van der Waals surface area (Å²) in [6.07, 6.45) is 8.89. The summed E-state index contributed by atoms with van der Waals surface area (Å²) in [5.74, 6) is 1.23. The molecule has 0 atom stereocenters. The molecule has 2 aliphatic rings. The maximum atomic E-state index is 12.1. The Hall–Kier alpha value is -0.610. The lowest BCUT2D eigenvalue weighted by Crippen LogP contribution is -2.37. The second-order valence-electron chi connectivity index (χ2n) is 6.39. The number of nitrogens with one attached hydrogen (secondary N) is 1. The van der Waals surface area contributed by atoms with Gasteiger partial charge in [0.15, 0.2) is 0 Å². The molecule has 2 fully saturated rings. The van der Waals surface area contributed by atoms with E-state index in [2.05, 4.69) is 15.1 Å². The average molecular weight is 281 g/mol. The third-order valence-electron chi connectivity index (χ3n) is 4.77. The lowest BCUT2D eigenvalue weighted by Gasteiger charge is -2.28. The number of carbonyl (C=O) groups excluding carboxylic acids is 1. The largest absolute Gasteiger partial charge is 0.341 e. The van der Waals surface area contributed by atoms with Crippen LogP contribution in [-0.4, -0.2) is 62.0 Å². The Kier molecular flexibility index (Phi) is 6.80. The number of rotatable bonds is 5. The van der Waals surface area contributed by atoms with Gasteiger partial charge in [0.05, 0.1) is 0 Å². The van der Waals surface area contributed by atoms with Crippen LogP contribution in [0.2, 0.25) is 0 Å². The highest BCUT2D eigenvalue weighted by Crippen LogP contribution is 2.24. The van der Waals surface area contributed by atoms with Crippen LogP contribution in [0.15, 0.2) is 0 Å². The summed E-state index contributed by atoms with van der Waals surface area (Å²) in [4.78, 5) is 16.7. The molecule has 0 radical (unpaired) electrons. The van der Waals surface area contributed by atoms with E-state index in [0.717, 1.165) is 38.5 Å². The highest BCUT2D eigenvalue weighted by Gasteiger charge is 2.21. The number of nitrogens with zero attached hydrogens (tertiary/aromatic N) is 2. The number of carbonyl (C=O) groups is 1. The van der Waals surface area contributed by atoms with Crippen molar-refractivity contribution in [3.05, 3.63) is 0 Å². The third kappa shape index (κ3) is 5.06. The van der Waals surface area contributed by atoms with Gasteiger partial charge in [-0.1, -0.05) is 19.3 Å². The van der Waals surface area contributed by atoms with Crippen LogP contribution in [0, 0.1) is 5.92 Å². The van der Waals surface area contributed by atoms with E-state index in [4.69, 9.17) is 0 Å². The van der Waals surface area contributed by atoms with Crippen LogP contribution in [0.1, 0.15) is 44.9 Å². The highest BCUT2D eigenvalue weighted by atomic mass is 16.2. The average Bonchev–Trinajstić information content (AvgIpc) is 2.71. The molecule has 0 aromatic heterocycles. The first kappa shape index (κ1) is 15.8. The van der Waals surface area contributed by atoms with Gasteiger partial charge in [-0.3, -0.25) is 4.79 Å². The van der Waals surface area contributed by atoms with Crippen LogP contribution in [0.4, 0.5) is 0 Å². The Bertz CT molecular complexity index is 289. The van der Waals surface area contributed by atoms with E-state index in [1.54, 1.807) is 0 Å². The second kappa shape index (κ2) is 8.63. The van der Waals surface area contributed by atoms with Crippen molar-refractivity contribution in [3.8, 4) is 0 Å². The molecule has 2 rings (SSSR count). The molecule has 0 spiro atoms. The van der Waals surface area contributed by atoms with Gasteiger partial charge in [0, 0.05) is 39.1 Å². The maximum Gasteiger partial charge on any atom is 0.223 e. The minimum absolute atomic E-state index is 0.318. The van der Waals surface area contributed by atoms with Crippen molar-refractivity contribution in [3.63, 3.8) is 0 Å². The first-order chi connectivity index (χ1) is 9.79. The zero-order chi connectivity index (χ0) is 14.2. The Labute approximate surface area is 123 Å². The molecule has 1 amide bonds. The molecule has 1 saturated heterocycles. The zero-order valence-corrected chi connectivity index (χ0v) is 13.1. The summed E-state index contributed by atoms with van der Waals surface area (Å²) >= 11 is 0. The minimum atomic E-state index is 0.318. The highest BCUT2D eigenvalue weighted by molar-refractivity contribution is 5.76. The van der Waals surface area contributed by atoms with Crippen molar-refractivity contribution in [1.82, 2.24) is 15.1 Å². The van der Waals surface area contributed by atoms with E-state index < -0.39 is 0 Å². The van der Waals surface area contributed by atoms with Crippen LogP contribution in [0.3, 0.4) is 0 Å². The van der Waals surface area contributed by atoms with Crippen molar-refractivity contribution in [2.45, 2.75) is 44.9 Å². The van der Waals surface area contributed by atoms with Crippen molar-refractivity contribution >= 4 is 5.91 Å². The SMILES string of the molecule is CNCCC(=O)N1CCCN(CC2CCCCC2)CC1. The van der Waals surface area contributed by atoms with E-state index in [1.807, 2.05) is 7.05 Å². The van der Waals surface area contributed by atoms with E-state index >= 15 is 0 Å². The van der Waals surface area contributed by atoms with E-state index in [0.29, 0.717) is 12.3 Å². The summed E-state index contributed by atoms with van der Waals surface area (Å²) < 4.78 is 0. The number of hydrogen-bond acceptors (Lipinski definition) is 3. The molecule has 20 heavy (non-hydrogen) atoms. The topological polar surface area (TPSA) is 35.6 Å². The van der Waals surface area contributed by atoms with E-state index in [1.165, 1.54) is 45.2 Å². The van der Waals surface area contributed by atoms with Gasteiger partial charge in [0.25, 0.3) is 0 Å². The quantitative estimate of drug-likeness (QED) is 0.833. The normalized spacial score (nSPS) is 22.8. The molecule has 1 aliphatic heterocycles. The molecule has 1 saturated carbocycles. The lowest BCUT2D eigenvalue weighted by molar-refractivity contribution is -0.130. The zero-order valence-electron chi connectivity index (χ0n) is 13.1. The standard InChI is InChI=1S/C16H31N3O/c1-17-9-8-16(20)19-11-5-10-18(12-13-19)14-15-6-3-2-4-7-15/h15,17H,2-14H2,1H3. The van der Waals surface area contributed by atoms with Crippen LogP contribution in [0.5, 0.6) is 0 Å². The molecule has 1 aliphatic carbocycles. The summed E-state index contributed by atoms with van der Waals surface area (Å²) in [7, 11) is 1.90. The maximum absolute atomic E-state index is 12.1. The van der Waals surface area contributed by atoms with Gasteiger partial charge in [0.2, 0.25) is 5.91 Å². The van der Waals surface area contributed by atoms with Gasteiger partial charge < -0.3 is 15.1 Å². The number of amides is 1. The van der Waals surface area contributed by atoms with Crippen LogP contribution in [-0.2, 0) is 4.79 Å². The molecule has 0 unspecified atom stereocenters. The fraction of sp³-hybridized carbons (Fsp3) is 0.938. The first-order valence-electron chi connectivity index (χ1n) is 8.44. The molecule has 4 nitrogen and oxygen atoms in total. The Morgan fingerprint density at radius 1 is 1.05 bits per heavy atom. The van der Waals surface area contributed by atoms with Crippen LogP contribution < -0.4 is 5.32 Å². The summed E-state index contributed by atoms with van der Waals surface area (Å²) in [5.41, 5.74) is 0. The molecule has 116 valence electrons. The Morgan fingerprint density at radius 3 is 2.60 bits per heavy atom. The van der Waals surface area contributed by atoms with Crippen molar-refractivity contribution in [1.29, 1.82) is 0 Å². The molecule has 0 aromatic rings. The molecular weight excluding hydrogens is 250 g/mol. The predicted molar refractivity (Wildman–Crippen MR) is 82.8 cm³/mol. The molecular formula is C16H31N3O. The summed E-state index contributed by atoms with van der Waals surface area (Å²) in [5, 5.41) is 3.06. The fourth-order valence-corrected chi connectivity index (χ4v) is 3.53. The van der Waals surface area contributed by atoms with E-state index in [-0.39, 0.29) is 0 Å². The van der Waals surface area contributed by atoms with Gasteiger partial charge in [-0.15, -0.1) is 0 Å². The molecule has 1 N–H and O–H groups in total. The molecule has 1 heterocycles. The Balaban J connectivity index is 1.72. The van der Waals surface area contributed by atoms with Gasteiger partial charge in [-0.05, 0) is 38.8 Å². The first-order valence-corrected chi connectivity index (χ1v) is 8.44. The molecule has 4 heteroatoms. The smallest absolute Gasteiger partial charge is 0.223 e. The van der Waals surface area contributed by atoms with Crippen molar-refractivity contribution in [2.75, 3.05) is 46.3 Å². The lowest BCUT2D eigenvalue weighted by atomic mass is 9.89. The van der Waals surface area contributed by atoms with Gasteiger partial charge >= 0.3 is 0 Å². The van der Waals surface area contributed by atoms with Gasteiger partial charge in [-0.2, -0.15) is 0 Å². The van der Waals surface area contributed by atoms with Gasteiger partial charge in [0.1, 0.15) is 0 Å². The van der Waals surface area contributed by atoms with E-state index in [9.17, 15) is 4.79 Å². The van der Waals surface area contributed by atoms with Gasteiger partial charge in [-0.25, -0.2) is 0 Å². The van der Waals surface area contributed by atoms with Crippen LogP contribution >= 0.6 is 0 Å². The minimum Gasteiger partial charge on any atom is -0.341 e. The van der Waals surface area contributed by atoms with Crippen molar-refractivity contribution in [2.24, 2.45) is 5.92 Å². The monoisotopic (exact) mass is 281 g/mol. The predicted octanol–water partition coefficient (Wildman–Crippen LogP) is 1.71.